The first-order valence-corrected chi connectivity index (χ1v) is 8.09. The van der Waals surface area contributed by atoms with Gasteiger partial charge in [0, 0.05) is 24.2 Å². The van der Waals surface area contributed by atoms with Crippen LogP contribution in [0.15, 0.2) is 53.6 Å². The predicted molar refractivity (Wildman–Crippen MR) is 95.4 cm³/mol. The minimum absolute atomic E-state index is 0.00311. The number of non-ortho nitro benzene ring substituents is 1. The number of nitrogens with zero attached hydrogens (tertiary/aromatic N) is 3. The third-order valence-corrected chi connectivity index (χ3v) is 4.24. The Kier molecular flexibility index (Phi) is 4.67. The van der Waals surface area contributed by atoms with E-state index in [0.29, 0.717) is 12.1 Å². The van der Waals surface area contributed by atoms with Gasteiger partial charge in [-0.2, -0.15) is 5.10 Å². The lowest BCUT2D eigenvalue weighted by molar-refractivity contribution is -0.384. The minimum atomic E-state index is -0.462. The topological polar surface area (TPSA) is 102 Å². The Morgan fingerprint density at radius 3 is 2.44 bits per heavy atom. The van der Waals surface area contributed by atoms with E-state index in [1.807, 2.05) is 12.1 Å². The number of rotatable bonds is 4. The summed E-state index contributed by atoms with van der Waals surface area (Å²) in [6.07, 6.45) is 0.490. The maximum absolute atomic E-state index is 12.2. The second-order valence-electron chi connectivity index (χ2n) is 5.61. The molecule has 0 fully saturated rings. The van der Waals surface area contributed by atoms with Crippen molar-refractivity contribution in [2.75, 3.05) is 11.6 Å². The lowest BCUT2D eigenvalue weighted by atomic mass is 9.98. The molecule has 8 heteroatoms. The Labute approximate surface area is 148 Å². The zero-order valence-corrected chi connectivity index (χ0v) is 13.9. The summed E-state index contributed by atoms with van der Waals surface area (Å²) in [6.45, 7) is 0. The van der Waals surface area contributed by atoms with Gasteiger partial charge in [-0.3, -0.25) is 14.9 Å². The molecule has 1 heterocycles. The van der Waals surface area contributed by atoms with E-state index in [0.717, 1.165) is 16.8 Å². The van der Waals surface area contributed by atoms with E-state index < -0.39 is 4.92 Å². The Hall–Kier alpha value is -2.93. The van der Waals surface area contributed by atoms with Crippen LogP contribution in [0.5, 0.6) is 0 Å². The van der Waals surface area contributed by atoms with E-state index in [-0.39, 0.29) is 23.5 Å². The van der Waals surface area contributed by atoms with Gasteiger partial charge in [0.25, 0.3) is 11.6 Å². The molecule has 2 aromatic rings. The first kappa shape index (κ1) is 16.9. The molecule has 0 radical (unpaired) electrons. The SMILES string of the molecule is Nc1ccc(C2=NN(C(=O)CCl)C(c3ccc([N+](=O)[O-])cc3)C2)cc1. The van der Waals surface area contributed by atoms with Crippen LogP contribution in [-0.2, 0) is 4.79 Å². The third kappa shape index (κ3) is 3.46. The highest BCUT2D eigenvalue weighted by atomic mass is 35.5. The van der Waals surface area contributed by atoms with Gasteiger partial charge in [-0.05, 0) is 23.3 Å². The van der Waals surface area contributed by atoms with Crippen molar-refractivity contribution in [3.8, 4) is 0 Å². The molecule has 2 aromatic carbocycles. The number of hydrogen-bond donors (Lipinski definition) is 1. The standard InChI is InChI=1S/C17H15ClN4O3/c18-10-17(23)21-16(12-3-7-14(8-4-12)22(24)25)9-15(20-21)11-1-5-13(19)6-2-11/h1-8,16H,9-10,19H2. The molecule has 0 saturated heterocycles. The van der Waals surface area contributed by atoms with E-state index in [9.17, 15) is 14.9 Å². The van der Waals surface area contributed by atoms with Gasteiger partial charge in [-0.25, -0.2) is 5.01 Å². The van der Waals surface area contributed by atoms with Gasteiger partial charge in [-0.1, -0.05) is 24.3 Å². The molecular weight excluding hydrogens is 344 g/mol. The van der Waals surface area contributed by atoms with Crippen molar-refractivity contribution in [1.29, 1.82) is 0 Å². The Bertz CT molecular complexity index is 834. The fourth-order valence-electron chi connectivity index (χ4n) is 2.73. The summed E-state index contributed by atoms with van der Waals surface area (Å²) in [6, 6.07) is 13.0. The van der Waals surface area contributed by atoms with Crippen LogP contribution in [-0.4, -0.2) is 27.4 Å². The number of amides is 1. The van der Waals surface area contributed by atoms with Crippen LogP contribution in [0.1, 0.15) is 23.6 Å². The van der Waals surface area contributed by atoms with Crippen molar-refractivity contribution in [1.82, 2.24) is 5.01 Å². The third-order valence-electron chi connectivity index (χ3n) is 4.01. The number of nitrogens with two attached hydrogens (primary N) is 1. The number of carbonyl (C=O) groups is 1. The molecular formula is C17H15ClN4O3. The maximum Gasteiger partial charge on any atom is 0.269 e. The van der Waals surface area contributed by atoms with Crippen molar-refractivity contribution in [3.05, 3.63) is 69.8 Å². The number of halogens is 1. The van der Waals surface area contributed by atoms with Crippen molar-refractivity contribution in [2.45, 2.75) is 12.5 Å². The van der Waals surface area contributed by atoms with Gasteiger partial charge in [0.1, 0.15) is 5.88 Å². The Morgan fingerprint density at radius 2 is 1.88 bits per heavy atom. The molecule has 0 saturated carbocycles. The summed E-state index contributed by atoms with van der Waals surface area (Å²) >= 11 is 5.70. The van der Waals surface area contributed by atoms with Gasteiger partial charge >= 0.3 is 0 Å². The van der Waals surface area contributed by atoms with Crippen LogP contribution in [0.25, 0.3) is 0 Å². The first-order chi connectivity index (χ1) is 12.0. The van der Waals surface area contributed by atoms with Gasteiger partial charge in [0.05, 0.1) is 16.7 Å². The second-order valence-corrected chi connectivity index (χ2v) is 5.88. The number of nitro benzene ring substituents is 1. The van der Waals surface area contributed by atoms with Crippen LogP contribution in [0.2, 0.25) is 0 Å². The molecule has 2 N–H and O–H groups in total. The monoisotopic (exact) mass is 358 g/mol. The highest BCUT2D eigenvalue weighted by Gasteiger charge is 2.32. The van der Waals surface area contributed by atoms with Crippen molar-refractivity contribution in [2.24, 2.45) is 5.10 Å². The van der Waals surface area contributed by atoms with E-state index in [1.54, 1.807) is 24.3 Å². The molecule has 1 aliphatic rings. The summed E-state index contributed by atoms with van der Waals surface area (Å²) in [5.74, 6) is -0.516. The van der Waals surface area contributed by atoms with E-state index in [4.69, 9.17) is 17.3 Å². The Morgan fingerprint density at radius 1 is 1.24 bits per heavy atom. The molecule has 0 spiro atoms. The fraction of sp³-hybridized carbons (Fsp3) is 0.176. The van der Waals surface area contributed by atoms with Crippen LogP contribution < -0.4 is 5.73 Å². The molecule has 1 unspecified atom stereocenters. The quantitative estimate of drug-likeness (QED) is 0.392. The van der Waals surface area contributed by atoms with E-state index >= 15 is 0 Å². The molecule has 0 aliphatic carbocycles. The summed E-state index contributed by atoms with van der Waals surface area (Å²) in [7, 11) is 0. The van der Waals surface area contributed by atoms with Gasteiger partial charge in [0.15, 0.2) is 0 Å². The molecule has 3 rings (SSSR count). The van der Waals surface area contributed by atoms with Crippen molar-refractivity contribution >= 4 is 34.6 Å². The number of benzene rings is 2. The molecule has 128 valence electrons. The zero-order chi connectivity index (χ0) is 18.0. The summed E-state index contributed by atoms with van der Waals surface area (Å²) < 4.78 is 0. The summed E-state index contributed by atoms with van der Waals surface area (Å²) in [5, 5.41) is 16.6. The molecule has 1 atom stereocenters. The van der Waals surface area contributed by atoms with Crippen LogP contribution in [0.4, 0.5) is 11.4 Å². The molecule has 0 aromatic heterocycles. The predicted octanol–water partition coefficient (Wildman–Crippen LogP) is 3.09. The number of alkyl halides is 1. The fourth-order valence-corrected chi connectivity index (χ4v) is 2.85. The summed E-state index contributed by atoms with van der Waals surface area (Å²) in [5.41, 5.74) is 8.71. The van der Waals surface area contributed by atoms with Gasteiger partial charge < -0.3 is 5.73 Å². The number of anilines is 1. The second kappa shape index (κ2) is 6.90. The van der Waals surface area contributed by atoms with E-state index in [2.05, 4.69) is 5.10 Å². The minimum Gasteiger partial charge on any atom is -0.399 e. The maximum atomic E-state index is 12.2. The largest absolute Gasteiger partial charge is 0.399 e. The average molecular weight is 359 g/mol. The van der Waals surface area contributed by atoms with Gasteiger partial charge in [-0.15, -0.1) is 11.6 Å². The van der Waals surface area contributed by atoms with Crippen LogP contribution >= 0.6 is 11.6 Å². The lowest BCUT2D eigenvalue weighted by Crippen LogP contribution is -2.27. The number of hydrazone groups is 1. The van der Waals surface area contributed by atoms with Crippen LogP contribution in [0.3, 0.4) is 0 Å². The highest BCUT2D eigenvalue weighted by molar-refractivity contribution is 6.27. The lowest BCUT2D eigenvalue weighted by Gasteiger charge is -2.21. The molecule has 7 nitrogen and oxygen atoms in total. The molecule has 25 heavy (non-hydrogen) atoms. The van der Waals surface area contributed by atoms with Crippen LogP contribution in [0, 0.1) is 10.1 Å². The number of hydrogen-bond acceptors (Lipinski definition) is 5. The smallest absolute Gasteiger partial charge is 0.269 e. The normalized spacial score (nSPS) is 16.6. The van der Waals surface area contributed by atoms with Gasteiger partial charge in [0.2, 0.25) is 0 Å². The summed E-state index contributed by atoms with van der Waals surface area (Å²) in [4.78, 5) is 22.5. The number of carbonyl (C=O) groups excluding carboxylic acids is 1. The van der Waals surface area contributed by atoms with E-state index in [1.165, 1.54) is 17.1 Å². The Balaban J connectivity index is 1.92. The number of nitro groups is 1. The molecule has 1 aliphatic heterocycles. The molecule has 0 bridgehead atoms. The average Bonchev–Trinajstić information content (AvgIpc) is 3.07. The zero-order valence-electron chi connectivity index (χ0n) is 13.1. The van der Waals surface area contributed by atoms with Crippen molar-refractivity contribution in [3.63, 3.8) is 0 Å². The van der Waals surface area contributed by atoms with Crippen molar-refractivity contribution < 1.29 is 9.72 Å². The highest BCUT2D eigenvalue weighted by Crippen LogP contribution is 2.33. The first-order valence-electron chi connectivity index (χ1n) is 7.55. The number of nitrogen functional groups attached to an aromatic ring is 1. The molecule has 1 amide bonds.